The molecule has 1 nitrogen and oxygen atoms in total. The fraction of sp³-hybridized carbons (Fsp3) is 1.00. The Balaban J connectivity index is 0. The standard InChI is InChI=1S/C2H10OSi2.H2/c1-5(2)3-4;/h5H,1-2,4H3;1H. The second-order valence-electron chi connectivity index (χ2n) is 1.28. The number of hydrogen-bond acceptors (Lipinski definition) is 1. The molecule has 0 spiro atoms. The van der Waals surface area contributed by atoms with Crippen LogP contribution >= 0.6 is 0 Å². The van der Waals surface area contributed by atoms with Crippen LogP contribution in [-0.4, -0.2) is 19.5 Å². The summed E-state index contributed by atoms with van der Waals surface area (Å²) in [7, 11) is 0.347. The molecule has 0 radical (unpaired) electrons. The van der Waals surface area contributed by atoms with Crippen molar-refractivity contribution in [2.75, 3.05) is 0 Å². The van der Waals surface area contributed by atoms with Gasteiger partial charge in [-0.2, -0.15) is 0 Å². The summed E-state index contributed by atoms with van der Waals surface area (Å²) in [5.74, 6) is 0. The lowest BCUT2D eigenvalue weighted by molar-refractivity contribution is 0.647. The summed E-state index contributed by atoms with van der Waals surface area (Å²) in [6.45, 7) is 4.35. The highest BCUT2D eigenvalue weighted by Crippen LogP contribution is 1.72. The van der Waals surface area contributed by atoms with Crippen molar-refractivity contribution in [3.8, 4) is 0 Å². The molecule has 0 aliphatic heterocycles. The van der Waals surface area contributed by atoms with Gasteiger partial charge in [-0.05, 0) is 13.1 Å². The van der Waals surface area contributed by atoms with E-state index in [9.17, 15) is 0 Å². The van der Waals surface area contributed by atoms with Crippen LogP contribution in [0.25, 0.3) is 0 Å². The minimum atomic E-state index is -0.588. The van der Waals surface area contributed by atoms with Crippen LogP contribution in [0, 0.1) is 0 Å². The van der Waals surface area contributed by atoms with E-state index in [1.54, 1.807) is 0 Å². The van der Waals surface area contributed by atoms with Crippen molar-refractivity contribution in [2.24, 2.45) is 0 Å². The molecule has 0 amide bonds. The monoisotopic (exact) mass is 108 g/mol. The Hall–Kier alpha value is 0.394. The molecule has 0 aliphatic rings. The molecule has 0 fully saturated rings. The Bertz CT molecular complexity index is 25.5. The van der Waals surface area contributed by atoms with E-state index in [0.717, 1.165) is 10.5 Å². The third kappa shape index (κ3) is 4.39. The van der Waals surface area contributed by atoms with Gasteiger partial charge < -0.3 is 4.12 Å². The first kappa shape index (κ1) is 5.39. The Kier molecular flexibility index (Phi) is 2.83. The van der Waals surface area contributed by atoms with Crippen LogP contribution in [0.4, 0.5) is 0 Å². The predicted octanol–water partition coefficient (Wildman–Crippen LogP) is -0.487. The molecule has 0 saturated heterocycles. The Morgan fingerprint density at radius 1 is 1.80 bits per heavy atom. The molecule has 34 valence electrons. The van der Waals surface area contributed by atoms with E-state index in [-0.39, 0.29) is 1.43 Å². The summed E-state index contributed by atoms with van der Waals surface area (Å²) >= 11 is 0. The number of rotatable bonds is 1. The molecule has 0 aromatic heterocycles. The molecule has 0 saturated carbocycles. The second kappa shape index (κ2) is 2.62. The summed E-state index contributed by atoms with van der Waals surface area (Å²) in [6.07, 6.45) is 0. The fourth-order valence-electron chi connectivity index (χ4n) is 0. The molecule has 0 heterocycles. The highest BCUT2D eigenvalue weighted by atomic mass is 28.3. The zero-order valence-corrected chi connectivity index (χ0v) is 7.14. The molecule has 0 atom stereocenters. The average molecular weight is 108 g/mol. The molecule has 3 heteroatoms. The lowest BCUT2D eigenvalue weighted by Crippen LogP contribution is -2.02. The van der Waals surface area contributed by atoms with Gasteiger partial charge in [0.2, 0.25) is 0 Å². The van der Waals surface area contributed by atoms with Gasteiger partial charge in [0.05, 0.1) is 0 Å². The Morgan fingerprint density at radius 2 is 2.00 bits per heavy atom. The van der Waals surface area contributed by atoms with Crippen LogP contribution < -0.4 is 0 Å². The molecule has 0 bridgehead atoms. The average Bonchev–Trinajstić information content (AvgIpc) is 1.38. The maximum Gasteiger partial charge on any atom is 0.156 e. The summed E-state index contributed by atoms with van der Waals surface area (Å²) < 4.78 is 5.03. The normalized spacial score (nSPS) is 10.2. The first-order chi connectivity index (χ1) is 2.27. The third-order valence-corrected chi connectivity index (χ3v) is 4.24. The van der Waals surface area contributed by atoms with E-state index in [2.05, 4.69) is 13.1 Å². The van der Waals surface area contributed by atoms with Crippen molar-refractivity contribution in [3.63, 3.8) is 0 Å². The van der Waals surface area contributed by atoms with E-state index in [4.69, 9.17) is 4.12 Å². The first-order valence-electron chi connectivity index (χ1n) is 1.80. The van der Waals surface area contributed by atoms with Crippen molar-refractivity contribution in [1.29, 1.82) is 0 Å². The largest absolute Gasteiger partial charge is 0.466 e. The van der Waals surface area contributed by atoms with Crippen molar-refractivity contribution in [2.45, 2.75) is 13.1 Å². The van der Waals surface area contributed by atoms with Crippen LogP contribution in [-0.2, 0) is 4.12 Å². The van der Waals surface area contributed by atoms with E-state index >= 15 is 0 Å². The highest BCUT2D eigenvalue weighted by molar-refractivity contribution is 6.52. The topological polar surface area (TPSA) is 9.23 Å². The lowest BCUT2D eigenvalue weighted by atomic mass is 11.9. The predicted molar refractivity (Wildman–Crippen MR) is 32.0 cm³/mol. The molecule has 0 aromatic carbocycles. The zero-order chi connectivity index (χ0) is 4.28. The van der Waals surface area contributed by atoms with Crippen LogP contribution in [0.15, 0.2) is 0 Å². The first-order valence-corrected chi connectivity index (χ1v) is 5.40. The van der Waals surface area contributed by atoms with Gasteiger partial charge in [0, 0.05) is 1.43 Å². The van der Waals surface area contributed by atoms with Gasteiger partial charge in [0.1, 0.15) is 10.5 Å². The summed E-state index contributed by atoms with van der Waals surface area (Å²) in [6, 6.07) is 0. The van der Waals surface area contributed by atoms with Gasteiger partial charge in [-0.1, -0.05) is 0 Å². The van der Waals surface area contributed by atoms with Gasteiger partial charge >= 0.3 is 0 Å². The molecule has 0 aromatic rings. The fourth-order valence-corrected chi connectivity index (χ4v) is 0. The smallest absolute Gasteiger partial charge is 0.156 e. The molecule has 0 aliphatic carbocycles. The quantitative estimate of drug-likeness (QED) is 0.412. The van der Waals surface area contributed by atoms with Crippen LogP contribution in [0.2, 0.25) is 13.1 Å². The Labute approximate surface area is 39.1 Å². The van der Waals surface area contributed by atoms with Gasteiger partial charge in [-0.25, -0.2) is 0 Å². The van der Waals surface area contributed by atoms with E-state index in [1.165, 1.54) is 0 Å². The minimum Gasteiger partial charge on any atom is -0.466 e. The summed E-state index contributed by atoms with van der Waals surface area (Å²) in [5.41, 5.74) is 0. The molecule has 0 N–H and O–H groups in total. The van der Waals surface area contributed by atoms with Crippen LogP contribution in [0.3, 0.4) is 0 Å². The number of hydrogen-bond donors (Lipinski definition) is 0. The maximum atomic E-state index is 5.03. The van der Waals surface area contributed by atoms with Crippen molar-refractivity contribution in [1.82, 2.24) is 0 Å². The molecule has 0 unspecified atom stereocenters. The van der Waals surface area contributed by atoms with Crippen molar-refractivity contribution < 1.29 is 5.54 Å². The molecule has 0 rings (SSSR count). The minimum absolute atomic E-state index is 0. The van der Waals surface area contributed by atoms with Gasteiger partial charge in [0.25, 0.3) is 0 Å². The summed E-state index contributed by atoms with van der Waals surface area (Å²) in [5, 5.41) is 0. The van der Waals surface area contributed by atoms with Gasteiger partial charge in [-0.3, -0.25) is 0 Å². The van der Waals surface area contributed by atoms with Crippen molar-refractivity contribution >= 4 is 19.5 Å². The van der Waals surface area contributed by atoms with Gasteiger partial charge in [-0.15, -0.1) is 0 Å². The van der Waals surface area contributed by atoms with E-state index in [1.807, 2.05) is 0 Å². The molecular weight excluding hydrogens is 96.2 g/mol. The highest BCUT2D eigenvalue weighted by Gasteiger charge is 1.82. The van der Waals surface area contributed by atoms with E-state index < -0.39 is 9.04 Å². The van der Waals surface area contributed by atoms with Crippen LogP contribution in [0.5, 0.6) is 0 Å². The SMILES string of the molecule is C[SiH](C)O[SiH3].[HH]. The summed E-state index contributed by atoms with van der Waals surface area (Å²) in [4.78, 5) is 0. The van der Waals surface area contributed by atoms with E-state index in [0.29, 0.717) is 0 Å². The zero-order valence-electron chi connectivity index (χ0n) is 3.99. The second-order valence-corrected chi connectivity index (χ2v) is 5.27. The molecular formula is C2H12OSi2. The Morgan fingerprint density at radius 3 is 2.00 bits per heavy atom. The van der Waals surface area contributed by atoms with Crippen LogP contribution in [0.1, 0.15) is 1.43 Å². The van der Waals surface area contributed by atoms with Crippen molar-refractivity contribution in [3.05, 3.63) is 0 Å². The maximum absolute atomic E-state index is 5.03. The third-order valence-electron chi connectivity index (χ3n) is 0.471. The lowest BCUT2D eigenvalue weighted by Gasteiger charge is -1.93. The van der Waals surface area contributed by atoms with Gasteiger partial charge in [0.15, 0.2) is 9.04 Å². The molecule has 5 heavy (non-hydrogen) atoms.